The fraction of sp³-hybridized carbons (Fsp3) is 0.500. The van der Waals surface area contributed by atoms with Crippen LogP contribution in [-0.2, 0) is 13.0 Å². The van der Waals surface area contributed by atoms with Gasteiger partial charge in [-0.1, -0.05) is 46.4 Å². The lowest BCUT2D eigenvalue weighted by atomic mass is 10.2. The zero-order valence-corrected chi connectivity index (χ0v) is 12.1. The molecule has 0 saturated carbocycles. The van der Waals surface area contributed by atoms with Crippen LogP contribution >= 0.6 is 0 Å². The molecule has 96 valence electrons. The van der Waals surface area contributed by atoms with Crippen LogP contribution in [0.15, 0.2) is 18.7 Å². The van der Waals surface area contributed by atoms with E-state index in [1.165, 1.54) is 36.3 Å². The SMILES string of the molecule is C=Cc1cc2n(c1/C=C\C)CCC2.CC.CC. The molecule has 0 fully saturated rings. The zero-order chi connectivity index (χ0) is 13.3. The number of aryl methyl sites for hydroxylation is 1. The normalized spacial score (nSPS) is 12.3. The summed E-state index contributed by atoms with van der Waals surface area (Å²) in [7, 11) is 0. The van der Waals surface area contributed by atoms with Gasteiger partial charge in [-0.25, -0.2) is 0 Å². The maximum atomic E-state index is 3.84. The van der Waals surface area contributed by atoms with E-state index in [-0.39, 0.29) is 0 Å². The highest BCUT2D eigenvalue weighted by atomic mass is 15.0. The highest BCUT2D eigenvalue weighted by molar-refractivity contribution is 5.63. The molecule has 1 aliphatic heterocycles. The first-order valence-corrected chi connectivity index (χ1v) is 6.84. The summed E-state index contributed by atoms with van der Waals surface area (Å²) in [4.78, 5) is 0. The van der Waals surface area contributed by atoms with Crippen molar-refractivity contribution in [2.24, 2.45) is 0 Å². The lowest BCUT2D eigenvalue weighted by Crippen LogP contribution is -1.94. The van der Waals surface area contributed by atoms with Crippen LogP contribution in [-0.4, -0.2) is 4.57 Å². The van der Waals surface area contributed by atoms with Crippen molar-refractivity contribution in [2.45, 2.75) is 54.0 Å². The number of fused-ring (bicyclic) bond motifs is 1. The fourth-order valence-electron chi connectivity index (χ4n) is 2.04. The molecule has 0 aliphatic carbocycles. The van der Waals surface area contributed by atoms with Gasteiger partial charge in [-0.2, -0.15) is 0 Å². The molecule has 0 aromatic carbocycles. The van der Waals surface area contributed by atoms with E-state index in [1.54, 1.807) is 0 Å². The van der Waals surface area contributed by atoms with Gasteiger partial charge in [-0.05, 0) is 37.5 Å². The molecule has 0 radical (unpaired) electrons. The number of rotatable bonds is 2. The van der Waals surface area contributed by atoms with Crippen molar-refractivity contribution in [3.8, 4) is 0 Å². The number of allylic oxidation sites excluding steroid dienone is 1. The Hall–Kier alpha value is -1.24. The van der Waals surface area contributed by atoms with Gasteiger partial charge >= 0.3 is 0 Å². The van der Waals surface area contributed by atoms with Crippen LogP contribution in [0.3, 0.4) is 0 Å². The number of aromatic nitrogens is 1. The van der Waals surface area contributed by atoms with Gasteiger partial charge in [-0.3, -0.25) is 0 Å². The Morgan fingerprint density at radius 3 is 2.41 bits per heavy atom. The third-order valence-corrected chi connectivity index (χ3v) is 2.61. The Bertz CT molecular complexity index is 356. The van der Waals surface area contributed by atoms with E-state index in [2.05, 4.69) is 36.3 Å². The molecule has 1 heteroatoms. The van der Waals surface area contributed by atoms with Crippen molar-refractivity contribution in [2.75, 3.05) is 0 Å². The molecule has 1 aromatic rings. The predicted octanol–water partition coefficient (Wildman–Crippen LogP) is 5.16. The third-order valence-electron chi connectivity index (χ3n) is 2.61. The molecule has 0 saturated heterocycles. The molecule has 0 N–H and O–H groups in total. The Kier molecular flexibility index (Phi) is 8.21. The molecular formula is C16H27N. The number of nitrogens with zero attached hydrogens (tertiary/aromatic N) is 1. The van der Waals surface area contributed by atoms with Crippen LogP contribution in [0.4, 0.5) is 0 Å². The van der Waals surface area contributed by atoms with E-state index in [1.807, 2.05) is 33.8 Å². The first-order chi connectivity index (χ1) is 8.36. The minimum absolute atomic E-state index is 1.17. The Labute approximate surface area is 107 Å². The standard InChI is InChI=1S/C12H15N.2C2H6/c1-3-6-12-10(4-2)9-11-7-5-8-13(11)12;2*1-2/h3-4,6,9H,2,5,7-8H2,1H3;2*1-2H3/b6-3-;;. The lowest BCUT2D eigenvalue weighted by Gasteiger charge is -2.01. The molecule has 2 heterocycles. The van der Waals surface area contributed by atoms with Crippen molar-refractivity contribution in [1.82, 2.24) is 4.57 Å². The maximum absolute atomic E-state index is 3.84. The smallest absolute Gasteiger partial charge is 0.0478 e. The average molecular weight is 233 g/mol. The first-order valence-electron chi connectivity index (χ1n) is 6.84. The molecule has 1 aromatic heterocycles. The molecule has 2 rings (SSSR count). The van der Waals surface area contributed by atoms with Gasteiger partial charge < -0.3 is 4.57 Å². The molecular weight excluding hydrogens is 206 g/mol. The van der Waals surface area contributed by atoms with E-state index < -0.39 is 0 Å². The minimum atomic E-state index is 1.17. The van der Waals surface area contributed by atoms with Gasteiger partial charge in [-0.15, -0.1) is 0 Å². The second-order valence-corrected chi connectivity index (χ2v) is 3.44. The quantitative estimate of drug-likeness (QED) is 0.664. The second-order valence-electron chi connectivity index (χ2n) is 3.44. The van der Waals surface area contributed by atoms with Gasteiger partial charge in [0.15, 0.2) is 0 Å². The zero-order valence-electron chi connectivity index (χ0n) is 12.1. The first kappa shape index (κ1) is 15.8. The summed E-state index contributed by atoms with van der Waals surface area (Å²) in [6, 6.07) is 2.26. The Balaban J connectivity index is 0.000000581. The van der Waals surface area contributed by atoms with Crippen molar-refractivity contribution in [3.05, 3.63) is 35.7 Å². The van der Waals surface area contributed by atoms with E-state index in [9.17, 15) is 0 Å². The van der Waals surface area contributed by atoms with Crippen molar-refractivity contribution < 1.29 is 0 Å². The summed E-state index contributed by atoms with van der Waals surface area (Å²) in [6.45, 7) is 15.1. The summed E-state index contributed by atoms with van der Waals surface area (Å²) < 4.78 is 2.40. The highest BCUT2D eigenvalue weighted by Crippen LogP contribution is 2.25. The van der Waals surface area contributed by atoms with E-state index in [4.69, 9.17) is 0 Å². The maximum Gasteiger partial charge on any atom is 0.0478 e. The highest BCUT2D eigenvalue weighted by Gasteiger charge is 2.15. The Morgan fingerprint density at radius 2 is 1.88 bits per heavy atom. The van der Waals surface area contributed by atoms with E-state index in [0.29, 0.717) is 0 Å². The lowest BCUT2D eigenvalue weighted by molar-refractivity contribution is 0.743. The summed E-state index contributed by atoms with van der Waals surface area (Å²) in [5.74, 6) is 0. The molecule has 0 atom stereocenters. The van der Waals surface area contributed by atoms with Gasteiger partial charge in [0.1, 0.15) is 0 Å². The van der Waals surface area contributed by atoms with E-state index >= 15 is 0 Å². The van der Waals surface area contributed by atoms with Crippen molar-refractivity contribution in [3.63, 3.8) is 0 Å². The fourth-order valence-corrected chi connectivity index (χ4v) is 2.04. The van der Waals surface area contributed by atoms with Crippen LogP contribution < -0.4 is 0 Å². The van der Waals surface area contributed by atoms with Crippen LogP contribution in [0.1, 0.15) is 58.0 Å². The topological polar surface area (TPSA) is 4.93 Å². The van der Waals surface area contributed by atoms with Crippen LogP contribution in [0.25, 0.3) is 12.2 Å². The molecule has 0 bridgehead atoms. The van der Waals surface area contributed by atoms with Crippen LogP contribution in [0, 0.1) is 0 Å². The number of hydrogen-bond donors (Lipinski definition) is 0. The predicted molar refractivity (Wildman–Crippen MR) is 80.2 cm³/mol. The molecule has 0 unspecified atom stereocenters. The molecule has 17 heavy (non-hydrogen) atoms. The number of hydrogen-bond acceptors (Lipinski definition) is 0. The van der Waals surface area contributed by atoms with Gasteiger partial charge in [0.05, 0.1) is 0 Å². The third kappa shape index (κ3) is 3.62. The summed E-state index contributed by atoms with van der Waals surface area (Å²) in [6.07, 6.45) is 8.72. The largest absolute Gasteiger partial charge is 0.345 e. The van der Waals surface area contributed by atoms with Crippen molar-refractivity contribution >= 4 is 12.2 Å². The minimum Gasteiger partial charge on any atom is -0.345 e. The van der Waals surface area contributed by atoms with Crippen molar-refractivity contribution in [1.29, 1.82) is 0 Å². The summed E-state index contributed by atoms with van der Waals surface area (Å²) in [5.41, 5.74) is 4.06. The molecule has 1 aliphatic rings. The van der Waals surface area contributed by atoms with E-state index in [0.717, 1.165) is 0 Å². The Morgan fingerprint density at radius 1 is 1.24 bits per heavy atom. The summed E-state index contributed by atoms with van der Waals surface area (Å²) >= 11 is 0. The average Bonchev–Trinajstić information content (AvgIpc) is 2.97. The molecule has 0 spiro atoms. The summed E-state index contributed by atoms with van der Waals surface area (Å²) in [5, 5.41) is 0. The molecule has 1 nitrogen and oxygen atoms in total. The van der Waals surface area contributed by atoms with Gasteiger partial charge in [0.2, 0.25) is 0 Å². The monoisotopic (exact) mass is 233 g/mol. The molecule has 0 amide bonds. The second kappa shape index (κ2) is 8.86. The van der Waals surface area contributed by atoms with Gasteiger partial charge in [0, 0.05) is 17.9 Å². The van der Waals surface area contributed by atoms with Gasteiger partial charge in [0.25, 0.3) is 0 Å². The van der Waals surface area contributed by atoms with Crippen LogP contribution in [0.5, 0.6) is 0 Å². The van der Waals surface area contributed by atoms with Crippen LogP contribution in [0.2, 0.25) is 0 Å².